The number of anilines is 1. The maximum atomic E-state index is 6.04. The molecule has 0 saturated carbocycles. The van der Waals surface area contributed by atoms with E-state index in [1.165, 1.54) is 24.0 Å². The van der Waals surface area contributed by atoms with Gasteiger partial charge in [-0.3, -0.25) is 0 Å². The Morgan fingerprint density at radius 3 is 3.08 bits per heavy atom. The number of aryl methyl sites for hydroxylation is 1. The molecule has 3 N–H and O–H groups in total. The van der Waals surface area contributed by atoms with Crippen molar-refractivity contribution in [3.8, 4) is 0 Å². The summed E-state index contributed by atoms with van der Waals surface area (Å²) >= 11 is 0. The summed E-state index contributed by atoms with van der Waals surface area (Å²) in [5.41, 5.74) is 9.86. The van der Waals surface area contributed by atoms with E-state index in [0.29, 0.717) is 24.1 Å². The second-order valence-electron chi connectivity index (χ2n) is 5.87. The molecule has 7 nitrogen and oxygen atoms in total. The number of aromatic nitrogens is 4. The van der Waals surface area contributed by atoms with Gasteiger partial charge in [-0.05, 0) is 48.9 Å². The maximum absolute atomic E-state index is 6.04. The number of hydrogen-bond donors (Lipinski definition) is 2. The Kier molecular flexibility index (Phi) is 3.82. The molecule has 4 rings (SSSR count). The first-order chi connectivity index (χ1) is 11.8. The Labute approximate surface area is 139 Å². The molecule has 0 spiro atoms. The predicted molar refractivity (Wildman–Crippen MR) is 92.8 cm³/mol. The standard InChI is InChI=1S/C17H19N7/c18-16(20-11-15-22-17-19-9-4-10-24(17)23-15)21-14-8-3-6-12-5-1-2-7-13(12)14/h3-4,6,8-10H,1-2,5,7,11H2,(H3,18,20,21). The molecule has 0 fully saturated rings. The summed E-state index contributed by atoms with van der Waals surface area (Å²) in [4.78, 5) is 12.8. The average Bonchev–Trinajstić information content (AvgIpc) is 3.03. The molecule has 1 aromatic carbocycles. The van der Waals surface area contributed by atoms with E-state index in [2.05, 4.69) is 43.6 Å². The van der Waals surface area contributed by atoms with Crippen molar-refractivity contribution in [1.29, 1.82) is 0 Å². The number of rotatable bonds is 3. The third-order valence-corrected chi connectivity index (χ3v) is 4.21. The molecule has 7 heteroatoms. The molecule has 1 aliphatic carbocycles. The Balaban J connectivity index is 1.49. The van der Waals surface area contributed by atoms with Crippen LogP contribution in [-0.2, 0) is 19.4 Å². The maximum Gasteiger partial charge on any atom is 0.252 e. The van der Waals surface area contributed by atoms with Crippen molar-refractivity contribution >= 4 is 17.4 Å². The number of aliphatic imine (C=N–C) groups is 1. The van der Waals surface area contributed by atoms with Crippen LogP contribution in [0.2, 0.25) is 0 Å². The van der Waals surface area contributed by atoms with Gasteiger partial charge in [-0.2, -0.15) is 4.98 Å². The molecular weight excluding hydrogens is 302 g/mol. The molecule has 3 aromatic rings. The van der Waals surface area contributed by atoms with Crippen LogP contribution >= 0.6 is 0 Å². The first-order valence-electron chi connectivity index (χ1n) is 8.13. The fourth-order valence-electron chi connectivity index (χ4n) is 3.07. The van der Waals surface area contributed by atoms with Crippen LogP contribution in [0.1, 0.15) is 29.8 Å². The lowest BCUT2D eigenvalue weighted by Crippen LogP contribution is -2.24. The van der Waals surface area contributed by atoms with Gasteiger partial charge in [0.25, 0.3) is 5.78 Å². The van der Waals surface area contributed by atoms with Crippen molar-refractivity contribution in [1.82, 2.24) is 19.6 Å². The summed E-state index contributed by atoms with van der Waals surface area (Å²) < 4.78 is 1.63. The average molecular weight is 321 g/mol. The molecule has 0 unspecified atom stereocenters. The number of hydrogen-bond acceptors (Lipinski definition) is 4. The lowest BCUT2D eigenvalue weighted by atomic mass is 9.90. The van der Waals surface area contributed by atoms with Crippen LogP contribution in [-0.4, -0.2) is 25.5 Å². The minimum Gasteiger partial charge on any atom is -0.370 e. The van der Waals surface area contributed by atoms with E-state index >= 15 is 0 Å². The first-order valence-corrected chi connectivity index (χ1v) is 8.13. The van der Waals surface area contributed by atoms with E-state index in [0.717, 1.165) is 18.5 Å². The van der Waals surface area contributed by atoms with Gasteiger partial charge in [0.05, 0.1) is 0 Å². The van der Waals surface area contributed by atoms with Crippen LogP contribution in [0.15, 0.2) is 41.7 Å². The Bertz CT molecular complexity index is 864. The zero-order valence-electron chi connectivity index (χ0n) is 13.3. The summed E-state index contributed by atoms with van der Waals surface area (Å²) in [5, 5.41) is 7.54. The fourth-order valence-corrected chi connectivity index (χ4v) is 3.07. The van der Waals surface area contributed by atoms with Gasteiger partial charge in [-0.25, -0.2) is 14.5 Å². The zero-order chi connectivity index (χ0) is 16.4. The monoisotopic (exact) mass is 321 g/mol. The lowest BCUT2D eigenvalue weighted by molar-refractivity contribution is 0.687. The topological polar surface area (TPSA) is 93.5 Å². The van der Waals surface area contributed by atoms with Gasteiger partial charge in [0.1, 0.15) is 6.54 Å². The summed E-state index contributed by atoms with van der Waals surface area (Å²) in [5.74, 6) is 1.53. The highest BCUT2D eigenvalue weighted by molar-refractivity contribution is 5.93. The highest BCUT2D eigenvalue weighted by atomic mass is 15.3. The molecule has 0 atom stereocenters. The molecule has 0 amide bonds. The summed E-state index contributed by atoms with van der Waals surface area (Å²) in [6.45, 7) is 0.317. The predicted octanol–water partition coefficient (Wildman–Crippen LogP) is 1.93. The number of fused-ring (bicyclic) bond motifs is 2. The molecule has 0 aliphatic heterocycles. The summed E-state index contributed by atoms with van der Waals surface area (Å²) in [6, 6.07) is 8.12. The van der Waals surface area contributed by atoms with E-state index in [-0.39, 0.29) is 0 Å². The second kappa shape index (κ2) is 6.27. The van der Waals surface area contributed by atoms with Crippen LogP contribution in [0, 0.1) is 0 Å². The largest absolute Gasteiger partial charge is 0.370 e. The van der Waals surface area contributed by atoms with Gasteiger partial charge in [-0.15, -0.1) is 5.10 Å². The van der Waals surface area contributed by atoms with E-state index in [1.54, 1.807) is 16.9 Å². The fraction of sp³-hybridized carbons (Fsp3) is 0.294. The minimum absolute atomic E-state index is 0.317. The Hall–Kier alpha value is -2.96. The molecule has 2 heterocycles. The van der Waals surface area contributed by atoms with Crippen molar-refractivity contribution in [2.75, 3.05) is 5.32 Å². The van der Waals surface area contributed by atoms with Gasteiger partial charge in [0.15, 0.2) is 11.8 Å². The Morgan fingerprint density at radius 2 is 2.17 bits per heavy atom. The smallest absolute Gasteiger partial charge is 0.252 e. The highest BCUT2D eigenvalue weighted by Gasteiger charge is 2.13. The van der Waals surface area contributed by atoms with Crippen molar-refractivity contribution in [3.63, 3.8) is 0 Å². The van der Waals surface area contributed by atoms with Crippen LogP contribution in [0.4, 0.5) is 5.69 Å². The minimum atomic E-state index is 0.317. The van der Waals surface area contributed by atoms with Gasteiger partial charge < -0.3 is 11.1 Å². The summed E-state index contributed by atoms with van der Waals surface area (Å²) in [7, 11) is 0. The van der Waals surface area contributed by atoms with Crippen LogP contribution in [0.5, 0.6) is 0 Å². The Morgan fingerprint density at radius 1 is 1.25 bits per heavy atom. The van der Waals surface area contributed by atoms with Gasteiger partial charge in [0.2, 0.25) is 0 Å². The molecule has 0 bridgehead atoms. The molecule has 24 heavy (non-hydrogen) atoms. The zero-order valence-corrected chi connectivity index (χ0v) is 13.3. The lowest BCUT2D eigenvalue weighted by Gasteiger charge is -2.19. The van der Waals surface area contributed by atoms with Gasteiger partial charge in [-0.1, -0.05) is 12.1 Å². The third kappa shape index (κ3) is 2.92. The van der Waals surface area contributed by atoms with Gasteiger partial charge >= 0.3 is 0 Å². The first kappa shape index (κ1) is 14.6. The molecule has 1 aliphatic rings. The van der Waals surface area contributed by atoms with E-state index in [9.17, 15) is 0 Å². The number of benzene rings is 1. The quantitative estimate of drug-likeness (QED) is 0.568. The van der Waals surface area contributed by atoms with E-state index in [1.807, 2.05) is 6.07 Å². The number of nitrogens with two attached hydrogens (primary N) is 1. The van der Waals surface area contributed by atoms with Crippen LogP contribution < -0.4 is 11.1 Å². The normalized spacial score (nSPS) is 14.6. The molecule has 2 aromatic heterocycles. The van der Waals surface area contributed by atoms with Crippen molar-refractivity contribution in [3.05, 3.63) is 53.6 Å². The van der Waals surface area contributed by atoms with E-state index in [4.69, 9.17) is 5.73 Å². The van der Waals surface area contributed by atoms with Crippen molar-refractivity contribution < 1.29 is 0 Å². The molecule has 0 radical (unpaired) electrons. The van der Waals surface area contributed by atoms with E-state index < -0.39 is 0 Å². The highest BCUT2D eigenvalue weighted by Crippen LogP contribution is 2.27. The molecular formula is C17H19N7. The summed E-state index contributed by atoms with van der Waals surface area (Å²) in [6.07, 6.45) is 8.20. The second-order valence-corrected chi connectivity index (χ2v) is 5.87. The number of nitrogens with one attached hydrogen (secondary N) is 1. The van der Waals surface area contributed by atoms with Gasteiger partial charge in [0, 0.05) is 18.1 Å². The molecule has 0 saturated heterocycles. The third-order valence-electron chi connectivity index (χ3n) is 4.21. The van der Waals surface area contributed by atoms with Crippen molar-refractivity contribution in [2.24, 2.45) is 10.7 Å². The van der Waals surface area contributed by atoms with Crippen LogP contribution in [0.3, 0.4) is 0 Å². The number of guanidine groups is 1. The molecule has 122 valence electrons. The SMILES string of the molecule is NC(=NCc1nc2ncccn2n1)Nc1cccc2c1CCCC2. The van der Waals surface area contributed by atoms with Crippen molar-refractivity contribution in [2.45, 2.75) is 32.2 Å². The van der Waals surface area contributed by atoms with Crippen LogP contribution in [0.25, 0.3) is 5.78 Å². The number of nitrogens with zero attached hydrogens (tertiary/aromatic N) is 5.